The molecule has 1 aliphatic rings. The highest BCUT2D eigenvalue weighted by Crippen LogP contribution is 2.23. The van der Waals surface area contributed by atoms with Crippen LogP contribution in [0, 0.1) is 0 Å². The van der Waals surface area contributed by atoms with Crippen molar-refractivity contribution in [3.63, 3.8) is 0 Å². The van der Waals surface area contributed by atoms with E-state index in [1.165, 1.54) is 5.56 Å². The second-order valence-corrected chi connectivity index (χ2v) is 8.28. The molecule has 0 radical (unpaired) electrons. The number of rotatable bonds is 8. The minimum absolute atomic E-state index is 0.284. The van der Waals surface area contributed by atoms with Crippen molar-refractivity contribution in [2.24, 2.45) is 0 Å². The van der Waals surface area contributed by atoms with Gasteiger partial charge in [0.05, 0.1) is 13.2 Å². The summed E-state index contributed by atoms with van der Waals surface area (Å²) in [5.74, 6) is 0.902. The van der Waals surface area contributed by atoms with E-state index < -0.39 is 11.7 Å². The maximum absolute atomic E-state index is 12.2. The zero-order chi connectivity index (χ0) is 23.9. The van der Waals surface area contributed by atoms with E-state index >= 15 is 0 Å². The molecule has 1 saturated heterocycles. The Hall–Kier alpha value is -3.36. The van der Waals surface area contributed by atoms with E-state index in [-0.39, 0.29) is 6.61 Å². The topological polar surface area (TPSA) is 84.3 Å². The second kappa shape index (κ2) is 11.2. The Morgan fingerprint density at radius 2 is 1.65 bits per heavy atom. The molecule has 0 unspecified atom stereocenters. The van der Waals surface area contributed by atoms with Crippen LogP contribution in [0.15, 0.2) is 57.7 Å². The summed E-state index contributed by atoms with van der Waals surface area (Å²) in [7, 11) is 0. The van der Waals surface area contributed by atoms with Gasteiger partial charge >= 0.3 is 11.7 Å². The molecule has 1 N–H and O–H groups in total. The Bertz CT molecular complexity index is 1170. The molecule has 1 amide bonds. The van der Waals surface area contributed by atoms with E-state index in [2.05, 4.69) is 27.2 Å². The first-order valence-electron chi connectivity index (χ1n) is 11.7. The van der Waals surface area contributed by atoms with Crippen LogP contribution in [0.3, 0.4) is 0 Å². The van der Waals surface area contributed by atoms with Crippen molar-refractivity contribution in [3.05, 3.63) is 70.1 Å². The molecule has 8 heteroatoms. The van der Waals surface area contributed by atoms with E-state index in [1.807, 2.05) is 25.1 Å². The molecule has 0 aliphatic carbocycles. The van der Waals surface area contributed by atoms with Gasteiger partial charge in [-0.3, -0.25) is 15.1 Å². The first-order valence-corrected chi connectivity index (χ1v) is 11.7. The Balaban J connectivity index is 1.37. The number of nitrogens with zero attached hydrogens (tertiary/aromatic N) is 2. The quantitative estimate of drug-likeness (QED) is 0.502. The molecule has 4 rings (SSSR count). The first-order chi connectivity index (χ1) is 16.5. The normalized spacial score (nSPS) is 14.8. The van der Waals surface area contributed by atoms with Crippen molar-refractivity contribution in [3.8, 4) is 5.75 Å². The van der Waals surface area contributed by atoms with E-state index in [4.69, 9.17) is 13.9 Å². The number of amides is 1. The van der Waals surface area contributed by atoms with Gasteiger partial charge in [-0.25, -0.2) is 9.59 Å². The Kier molecular flexibility index (Phi) is 7.82. The van der Waals surface area contributed by atoms with Gasteiger partial charge in [-0.2, -0.15) is 0 Å². The molecule has 8 nitrogen and oxygen atoms in total. The summed E-state index contributed by atoms with van der Waals surface area (Å²) in [5.41, 5.74) is 2.77. The summed E-state index contributed by atoms with van der Waals surface area (Å²) in [4.78, 5) is 28.7. The summed E-state index contributed by atoms with van der Waals surface area (Å²) in [6.45, 7) is 10.0. The summed E-state index contributed by atoms with van der Waals surface area (Å²) >= 11 is 0. The maximum Gasteiger partial charge on any atom is 0.411 e. The molecule has 34 heavy (non-hydrogen) atoms. The Morgan fingerprint density at radius 3 is 2.32 bits per heavy atom. The number of hydrogen-bond acceptors (Lipinski definition) is 7. The van der Waals surface area contributed by atoms with Crippen LogP contribution >= 0.6 is 0 Å². The minimum atomic E-state index is -0.538. The van der Waals surface area contributed by atoms with Crippen LogP contribution in [0.5, 0.6) is 5.75 Å². The number of hydrogen-bond donors (Lipinski definition) is 1. The van der Waals surface area contributed by atoms with Crippen LogP contribution in [-0.4, -0.2) is 55.3 Å². The molecule has 0 atom stereocenters. The van der Waals surface area contributed by atoms with Crippen LogP contribution in [0.4, 0.5) is 10.5 Å². The average molecular weight is 466 g/mol. The lowest BCUT2D eigenvalue weighted by Crippen LogP contribution is -2.45. The lowest BCUT2D eigenvalue weighted by Gasteiger charge is -2.34. The highest BCUT2D eigenvalue weighted by Gasteiger charge is 2.19. The SMILES string of the molecule is CCOC(=O)Nc1ccc2c(CN3CCN(Cc4ccc(OCC)cc4)CC3)cc(=O)oc2c1. The third kappa shape index (κ3) is 6.15. The van der Waals surface area contributed by atoms with E-state index in [9.17, 15) is 9.59 Å². The molecular weight excluding hydrogens is 434 g/mol. The predicted molar refractivity (Wildman–Crippen MR) is 131 cm³/mol. The van der Waals surface area contributed by atoms with Gasteiger partial charge < -0.3 is 13.9 Å². The smallest absolute Gasteiger partial charge is 0.411 e. The molecule has 2 aromatic carbocycles. The van der Waals surface area contributed by atoms with Gasteiger partial charge in [-0.05, 0) is 49.2 Å². The molecule has 180 valence electrons. The number of piperazine rings is 1. The van der Waals surface area contributed by atoms with Gasteiger partial charge in [-0.15, -0.1) is 0 Å². The van der Waals surface area contributed by atoms with Crippen molar-refractivity contribution in [2.45, 2.75) is 26.9 Å². The molecule has 0 bridgehead atoms. The largest absolute Gasteiger partial charge is 0.494 e. The van der Waals surface area contributed by atoms with Gasteiger partial charge in [0.15, 0.2) is 0 Å². The van der Waals surface area contributed by atoms with Crippen LogP contribution < -0.4 is 15.7 Å². The number of fused-ring (bicyclic) bond motifs is 1. The molecule has 2 heterocycles. The van der Waals surface area contributed by atoms with Crippen LogP contribution in [0.25, 0.3) is 11.0 Å². The number of nitrogens with one attached hydrogen (secondary N) is 1. The van der Waals surface area contributed by atoms with Crippen molar-refractivity contribution >= 4 is 22.7 Å². The first kappa shape index (κ1) is 23.8. The minimum Gasteiger partial charge on any atom is -0.494 e. The Morgan fingerprint density at radius 1 is 0.941 bits per heavy atom. The van der Waals surface area contributed by atoms with Gasteiger partial charge in [0.2, 0.25) is 0 Å². The van der Waals surface area contributed by atoms with Gasteiger partial charge in [0.25, 0.3) is 0 Å². The highest BCUT2D eigenvalue weighted by atomic mass is 16.5. The average Bonchev–Trinajstić information content (AvgIpc) is 2.81. The molecule has 1 fully saturated rings. The summed E-state index contributed by atoms with van der Waals surface area (Å²) in [6, 6.07) is 15.2. The van der Waals surface area contributed by atoms with Gasteiger partial charge in [0.1, 0.15) is 11.3 Å². The van der Waals surface area contributed by atoms with Crippen LogP contribution in [0.1, 0.15) is 25.0 Å². The van der Waals surface area contributed by atoms with E-state index in [0.29, 0.717) is 24.4 Å². The van der Waals surface area contributed by atoms with Crippen molar-refractivity contribution < 1.29 is 18.7 Å². The molecule has 3 aromatic rings. The number of benzene rings is 2. The second-order valence-electron chi connectivity index (χ2n) is 8.28. The zero-order valence-electron chi connectivity index (χ0n) is 19.7. The van der Waals surface area contributed by atoms with E-state index in [0.717, 1.165) is 49.4 Å². The maximum atomic E-state index is 12.2. The molecule has 1 aliphatic heterocycles. The van der Waals surface area contributed by atoms with Crippen molar-refractivity contribution in [1.82, 2.24) is 9.80 Å². The molecular formula is C26H31N3O5. The number of anilines is 1. The Labute approximate surface area is 199 Å². The lowest BCUT2D eigenvalue weighted by molar-refractivity contribution is 0.122. The summed E-state index contributed by atoms with van der Waals surface area (Å²) in [5, 5.41) is 3.51. The van der Waals surface area contributed by atoms with Gasteiger partial charge in [0, 0.05) is 62.5 Å². The molecule has 0 saturated carbocycles. The fraction of sp³-hybridized carbons (Fsp3) is 0.385. The number of carbonyl (C=O) groups is 1. The number of carbonyl (C=O) groups excluding carboxylic acids is 1. The van der Waals surface area contributed by atoms with E-state index in [1.54, 1.807) is 25.1 Å². The van der Waals surface area contributed by atoms with Crippen LogP contribution in [-0.2, 0) is 17.8 Å². The highest BCUT2D eigenvalue weighted by molar-refractivity contribution is 5.89. The van der Waals surface area contributed by atoms with Crippen molar-refractivity contribution in [2.75, 3.05) is 44.7 Å². The standard InChI is InChI=1S/C26H31N3O5/c1-3-32-22-8-5-19(6-9-22)17-28-11-13-29(14-12-28)18-20-15-25(30)34-24-16-21(7-10-23(20)24)27-26(31)33-4-2/h5-10,15-16H,3-4,11-14,17-18H2,1-2H3,(H,27,31). The monoisotopic (exact) mass is 465 g/mol. The predicted octanol–water partition coefficient (Wildman–Crippen LogP) is 4.08. The molecule has 1 aromatic heterocycles. The van der Waals surface area contributed by atoms with Crippen molar-refractivity contribution in [1.29, 1.82) is 0 Å². The fourth-order valence-electron chi connectivity index (χ4n) is 4.19. The number of ether oxygens (including phenoxy) is 2. The summed E-state index contributed by atoms with van der Waals surface area (Å²) < 4.78 is 15.8. The lowest BCUT2D eigenvalue weighted by atomic mass is 10.1. The molecule has 0 spiro atoms. The third-order valence-corrected chi connectivity index (χ3v) is 5.85. The third-order valence-electron chi connectivity index (χ3n) is 5.85. The van der Waals surface area contributed by atoms with Crippen LogP contribution in [0.2, 0.25) is 0 Å². The fourth-order valence-corrected chi connectivity index (χ4v) is 4.19. The summed E-state index contributed by atoms with van der Waals surface area (Å²) in [6.07, 6.45) is -0.538. The zero-order valence-corrected chi connectivity index (χ0v) is 19.7. The van der Waals surface area contributed by atoms with Gasteiger partial charge in [-0.1, -0.05) is 12.1 Å².